The molecule has 0 saturated carbocycles. The molecule has 2 aromatic carbocycles. The molecule has 0 unspecified atom stereocenters. The Morgan fingerprint density at radius 2 is 1.22 bits per heavy atom. The summed E-state index contributed by atoms with van der Waals surface area (Å²) in [7, 11) is 2.90. The first-order valence-corrected chi connectivity index (χ1v) is 9.25. The van der Waals surface area contributed by atoms with Crippen molar-refractivity contribution in [2.45, 2.75) is 12.1 Å². The lowest BCUT2D eigenvalue weighted by Crippen LogP contribution is -2.31. The molecule has 170 valence electrons. The third kappa shape index (κ3) is 6.55. The topological polar surface area (TPSA) is 170 Å². The van der Waals surface area contributed by atoms with Crippen LogP contribution in [0.4, 0.5) is 11.4 Å². The normalized spacial score (nSPS) is 13.4. The maximum atomic E-state index is 11.0. The van der Waals surface area contributed by atoms with Crippen LogP contribution in [0.2, 0.25) is 0 Å². The molecule has 12 nitrogen and oxygen atoms in total. The van der Waals surface area contributed by atoms with Crippen molar-refractivity contribution in [2.24, 2.45) is 9.98 Å². The largest absolute Gasteiger partial charge is 0.507 e. The van der Waals surface area contributed by atoms with Gasteiger partial charge in [-0.25, -0.2) is 0 Å². The Morgan fingerprint density at radius 3 is 1.53 bits per heavy atom. The molecule has 0 amide bonds. The first-order chi connectivity index (χ1) is 15.3. The van der Waals surface area contributed by atoms with Crippen molar-refractivity contribution >= 4 is 23.8 Å². The number of nitrogens with zero attached hydrogens (tertiary/aromatic N) is 4. The summed E-state index contributed by atoms with van der Waals surface area (Å²) in [6, 6.07) is 5.83. The van der Waals surface area contributed by atoms with Crippen LogP contribution in [0.3, 0.4) is 0 Å². The molecule has 2 rings (SSSR count). The van der Waals surface area contributed by atoms with E-state index in [2.05, 4.69) is 9.98 Å². The molecule has 32 heavy (non-hydrogen) atoms. The number of phenols is 2. The van der Waals surface area contributed by atoms with Crippen molar-refractivity contribution in [2.75, 3.05) is 27.4 Å². The zero-order chi connectivity index (χ0) is 23.7. The van der Waals surface area contributed by atoms with Crippen molar-refractivity contribution in [3.05, 3.63) is 67.8 Å². The van der Waals surface area contributed by atoms with E-state index in [1.54, 1.807) is 0 Å². The third-order valence-corrected chi connectivity index (χ3v) is 4.37. The zero-order valence-corrected chi connectivity index (χ0v) is 17.3. The summed E-state index contributed by atoms with van der Waals surface area (Å²) in [6.45, 7) is 0.191. The summed E-state index contributed by atoms with van der Waals surface area (Å²) in [4.78, 5) is 29.5. The number of non-ortho nitro benzene ring substituents is 2. The SMILES string of the molecule is COC[C@@H](N=Cc1cc([N+](=O)[O-])ccc1O)[C@@H](COC)N=Cc1cc([N+](=O)[O-])ccc1O. The Labute approximate surface area is 182 Å². The van der Waals surface area contributed by atoms with E-state index in [9.17, 15) is 30.4 Å². The molecule has 0 aliphatic rings. The summed E-state index contributed by atoms with van der Waals surface area (Å²) < 4.78 is 10.4. The average molecular weight is 446 g/mol. The lowest BCUT2D eigenvalue weighted by molar-refractivity contribution is -0.385. The minimum Gasteiger partial charge on any atom is -0.507 e. The van der Waals surface area contributed by atoms with E-state index in [1.165, 1.54) is 63.0 Å². The van der Waals surface area contributed by atoms with Crippen molar-refractivity contribution in [3.63, 3.8) is 0 Å². The van der Waals surface area contributed by atoms with Gasteiger partial charge in [0, 0.05) is 62.0 Å². The number of nitro benzene ring substituents is 2. The Bertz CT molecular complexity index is 943. The van der Waals surface area contributed by atoms with Crippen LogP contribution in [0.15, 0.2) is 46.4 Å². The molecule has 0 saturated heterocycles. The van der Waals surface area contributed by atoms with E-state index >= 15 is 0 Å². The number of methoxy groups -OCH3 is 2. The van der Waals surface area contributed by atoms with Gasteiger partial charge in [0.25, 0.3) is 11.4 Å². The first kappa shape index (κ1) is 24.4. The number of benzene rings is 2. The van der Waals surface area contributed by atoms with Gasteiger partial charge in [0.15, 0.2) is 0 Å². The number of phenolic OH excluding ortho intramolecular Hbond substituents is 2. The van der Waals surface area contributed by atoms with Gasteiger partial charge in [-0.05, 0) is 12.1 Å². The number of rotatable bonds is 11. The van der Waals surface area contributed by atoms with Crippen molar-refractivity contribution < 1.29 is 29.5 Å². The van der Waals surface area contributed by atoms with Gasteiger partial charge in [-0.2, -0.15) is 0 Å². The number of aliphatic imine (C=N–C) groups is 2. The molecule has 12 heteroatoms. The Kier molecular flexibility index (Phi) is 8.74. The predicted octanol–water partition coefficient (Wildman–Crippen LogP) is 2.48. The van der Waals surface area contributed by atoms with Crippen LogP contribution in [-0.4, -0.2) is 72.0 Å². The summed E-state index contributed by atoms with van der Waals surface area (Å²) in [6.07, 6.45) is 2.55. The minimum atomic E-state index is -0.629. The van der Waals surface area contributed by atoms with E-state index in [4.69, 9.17) is 9.47 Å². The van der Waals surface area contributed by atoms with Gasteiger partial charge in [0.05, 0.1) is 35.1 Å². The number of nitro groups is 2. The summed E-state index contributed by atoms with van der Waals surface area (Å²) >= 11 is 0. The van der Waals surface area contributed by atoms with Crippen LogP contribution in [0, 0.1) is 20.2 Å². The second kappa shape index (κ2) is 11.5. The van der Waals surface area contributed by atoms with Crippen LogP contribution < -0.4 is 0 Å². The smallest absolute Gasteiger partial charge is 0.270 e. The number of hydrogen-bond donors (Lipinski definition) is 2. The maximum Gasteiger partial charge on any atom is 0.270 e. The van der Waals surface area contributed by atoms with Crippen LogP contribution in [0.25, 0.3) is 0 Å². The lowest BCUT2D eigenvalue weighted by atomic mass is 10.1. The monoisotopic (exact) mass is 446 g/mol. The molecule has 2 aromatic rings. The van der Waals surface area contributed by atoms with Crippen LogP contribution in [0.5, 0.6) is 11.5 Å². The molecule has 0 aliphatic heterocycles. The Hall–Kier alpha value is -3.90. The highest BCUT2D eigenvalue weighted by atomic mass is 16.6. The lowest BCUT2D eigenvalue weighted by Gasteiger charge is -2.19. The highest BCUT2D eigenvalue weighted by molar-refractivity contribution is 5.85. The molecule has 0 bridgehead atoms. The van der Waals surface area contributed by atoms with Crippen LogP contribution in [-0.2, 0) is 9.47 Å². The number of ether oxygens (including phenoxy) is 2. The second-order valence-corrected chi connectivity index (χ2v) is 6.60. The molecular formula is C20H22N4O8. The highest BCUT2D eigenvalue weighted by Gasteiger charge is 2.20. The summed E-state index contributed by atoms with van der Waals surface area (Å²) in [5.74, 6) is -0.382. The van der Waals surface area contributed by atoms with Gasteiger partial charge in [-0.1, -0.05) is 0 Å². The highest BCUT2D eigenvalue weighted by Crippen LogP contribution is 2.23. The van der Waals surface area contributed by atoms with E-state index in [0.29, 0.717) is 0 Å². The van der Waals surface area contributed by atoms with Crippen molar-refractivity contribution in [3.8, 4) is 11.5 Å². The van der Waals surface area contributed by atoms with Gasteiger partial charge in [-0.3, -0.25) is 30.2 Å². The number of hydrogen-bond acceptors (Lipinski definition) is 10. The molecule has 0 aromatic heterocycles. The fourth-order valence-electron chi connectivity index (χ4n) is 2.72. The average Bonchev–Trinajstić information content (AvgIpc) is 2.75. The van der Waals surface area contributed by atoms with Gasteiger partial charge in [0.1, 0.15) is 11.5 Å². The maximum absolute atomic E-state index is 11.0. The van der Waals surface area contributed by atoms with E-state index < -0.39 is 21.9 Å². The minimum absolute atomic E-state index is 0.0957. The van der Waals surface area contributed by atoms with E-state index in [1.807, 2.05) is 0 Å². The van der Waals surface area contributed by atoms with Gasteiger partial charge in [-0.15, -0.1) is 0 Å². The fraction of sp³-hybridized carbons (Fsp3) is 0.300. The Balaban J connectivity index is 2.34. The Morgan fingerprint density at radius 1 is 0.844 bits per heavy atom. The number of aromatic hydroxyl groups is 2. The third-order valence-electron chi connectivity index (χ3n) is 4.37. The van der Waals surface area contributed by atoms with Crippen LogP contribution in [0.1, 0.15) is 11.1 Å². The van der Waals surface area contributed by atoms with Crippen molar-refractivity contribution in [1.82, 2.24) is 0 Å². The molecule has 0 fully saturated rings. The molecule has 0 spiro atoms. The van der Waals surface area contributed by atoms with Gasteiger partial charge < -0.3 is 19.7 Å². The molecule has 0 heterocycles. The zero-order valence-electron chi connectivity index (χ0n) is 17.3. The van der Waals surface area contributed by atoms with Gasteiger partial charge in [0.2, 0.25) is 0 Å². The molecule has 0 radical (unpaired) electrons. The summed E-state index contributed by atoms with van der Waals surface area (Å²) in [5, 5.41) is 41.9. The molecule has 0 aliphatic carbocycles. The van der Waals surface area contributed by atoms with Gasteiger partial charge >= 0.3 is 0 Å². The predicted molar refractivity (Wildman–Crippen MR) is 116 cm³/mol. The molecule has 2 N–H and O–H groups in total. The van der Waals surface area contributed by atoms with Crippen molar-refractivity contribution in [1.29, 1.82) is 0 Å². The van der Waals surface area contributed by atoms with E-state index in [0.717, 1.165) is 0 Å². The summed E-state index contributed by atoms with van der Waals surface area (Å²) in [5.41, 5.74) is -0.145. The molecule has 2 atom stereocenters. The molecular weight excluding hydrogens is 424 g/mol. The quantitative estimate of drug-likeness (QED) is 0.301. The van der Waals surface area contributed by atoms with Crippen LogP contribution >= 0.6 is 0 Å². The standard InChI is InChI=1S/C20H22N4O8/c1-31-11-17(21-9-13-7-15(23(27)28)3-5-19(13)25)18(12-32-2)22-10-14-8-16(24(29)30)4-6-20(14)26/h3-10,17-18,25-26H,11-12H2,1-2H3/t17-,18-/m1/s1. The second-order valence-electron chi connectivity index (χ2n) is 6.60. The fourth-order valence-corrected chi connectivity index (χ4v) is 2.72. The van der Waals surface area contributed by atoms with E-state index in [-0.39, 0.29) is 47.2 Å². The first-order valence-electron chi connectivity index (χ1n) is 9.25.